The Morgan fingerprint density at radius 3 is 1.90 bits per heavy atom. The summed E-state index contributed by atoms with van der Waals surface area (Å²) in [5.74, 6) is 2.07. The maximum absolute atomic E-state index is 12.8. The van der Waals surface area contributed by atoms with Crippen molar-refractivity contribution >= 4 is 5.91 Å². The molecule has 2 rings (SSSR count). The monoisotopic (exact) mass is 293 g/mol. The van der Waals surface area contributed by atoms with E-state index in [2.05, 4.69) is 12.2 Å². The number of hydrogen-bond acceptors (Lipinski definition) is 1. The number of rotatable bonds is 7. The summed E-state index contributed by atoms with van der Waals surface area (Å²) >= 11 is 0. The molecule has 2 saturated carbocycles. The summed E-state index contributed by atoms with van der Waals surface area (Å²) < 4.78 is 0. The quantitative estimate of drug-likeness (QED) is 0.652. The van der Waals surface area contributed by atoms with E-state index < -0.39 is 0 Å². The summed E-state index contributed by atoms with van der Waals surface area (Å²) in [6.07, 6.45) is 16.9. The van der Waals surface area contributed by atoms with Crippen molar-refractivity contribution in [2.45, 2.75) is 90.4 Å². The highest BCUT2D eigenvalue weighted by Gasteiger charge is 2.36. The molecule has 0 radical (unpaired) electrons. The maximum Gasteiger partial charge on any atom is 0.223 e. The number of unbranched alkanes of at least 4 members (excludes halogenated alkanes) is 2. The van der Waals surface area contributed by atoms with Gasteiger partial charge in [-0.3, -0.25) is 4.79 Å². The number of nitrogens with one attached hydrogen (secondary N) is 1. The van der Waals surface area contributed by atoms with E-state index in [-0.39, 0.29) is 0 Å². The van der Waals surface area contributed by atoms with Gasteiger partial charge in [0.15, 0.2) is 0 Å². The Morgan fingerprint density at radius 1 is 0.905 bits per heavy atom. The van der Waals surface area contributed by atoms with Gasteiger partial charge in [0, 0.05) is 12.5 Å². The fourth-order valence-corrected chi connectivity index (χ4v) is 4.50. The zero-order valence-electron chi connectivity index (χ0n) is 14.0. The van der Waals surface area contributed by atoms with Crippen LogP contribution in [0.4, 0.5) is 0 Å². The fraction of sp³-hybridized carbons (Fsp3) is 0.947. The van der Waals surface area contributed by atoms with Crippen LogP contribution in [0.3, 0.4) is 0 Å². The Labute approximate surface area is 131 Å². The molecular formula is C19H35NO. The minimum Gasteiger partial charge on any atom is -0.356 e. The van der Waals surface area contributed by atoms with Crippen molar-refractivity contribution < 1.29 is 4.79 Å². The second kappa shape index (κ2) is 9.48. The number of amides is 1. The normalized spacial score (nSPS) is 21.6. The summed E-state index contributed by atoms with van der Waals surface area (Å²) in [7, 11) is 0. The van der Waals surface area contributed by atoms with Gasteiger partial charge in [-0.15, -0.1) is 0 Å². The Balaban J connectivity index is 1.91. The van der Waals surface area contributed by atoms with Gasteiger partial charge in [0.05, 0.1) is 0 Å². The van der Waals surface area contributed by atoms with Crippen LogP contribution < -0.4 is 5.32 Å². The van der Waals surface area contributed by atoms with Crippen LogP contribution in [0.25, 0.3) is 0 Å². The Hall–Kier alpha value is -0.530. The van der Waals surface area contributed by atoms with Crippen LogP contribution in [0.2, 0.25) is 0 Å². The van der Waals surface area contributed by atoms with Crippen LogP contribution in [-0.4, -0.2) is 12.5 Å². The number of hydrogen-bond donors (Lipinski definition) is 1. The third-order valence-electron chi connectivity index (χ3n) is 5.70. The SMILES string of the molecule is CCCCCNC(=O)C(C1CCCCC1)C1CCCCC1. The van der Waals surface area contributed by atoms with E-state index in [0.29, 0.717) is 23.7 Å². The molecule has 0 saturated heterocycles. The van der Waals surface area contributed by atoms with Crippen molar-refractivity contribution in [3.05, 3.63) is 0 Å². The first-order valence-electron chi connectivity index (χ1n) is 9.60. The molecule has 2 aliphatic rings. The zero-order valence-corrected chi connectivity index (χ0v) is 14.0. The summed E-state index contributed by atoms with van der Waals surface area (Å²) in [5, 5.41) is 3.27. The summed E-state index contributed by atoms with van der Waals surface area (Å²) in [6, 6.07) is 0. The predicted octanol–water partition coefficient (Wildman–Crippen LogP) is 5.07. The average molecular weight is 293 g/mol. The van der Waals surface area contributed by atoms with Crippen molar-refractivity contribution in [3.63, 3.8) is 0 Å². The van der Waals surface area contributed by atoms with E-state index >= 15 is 0 Å². The molecule has 0 aromatic heterocycles. The van der Waals surface area contributed by atoms with Crippen LogP contribution in [0, 0.1) is 17.8 Å². The molecule has 0 aromatic carbocycles. The van der Waals surface area contributed by atoms with Crippen LogP contribution in [-0.2, 0) is 4.79 Å². The Morgan fingerprint density at radius 2 is 1.43 bits per heavy atom. The second-order valence-corrected chi connectivity index (χ2v) is 7.32. The third kappa shape index (κ3) is 5.30. The first kappa shape index (κ1) is 16.8. The number of carbonyl (C=O) groups is 1. The van der Waals surface area contributed by atoms with Gasteiger partial charge in [-0.25, -0.2) is 0 Å². The second-order valence-electron chi connectivity index (χ2n) is 7.32. The van der Waals surface area contributed by atoms with Gasteiger partial charge >= 0.3 is 0 Å². The molecule has 1 N–H and O–H groups in total. The highest BCUT2D eigenvalue weighted by Crippen LogP contribution is 2.40. The smallest absolute Gasteiger partial charge is 0.223 e. The minimum atomic E-state index is 0.326. The summed E-state index contributed by atoms with van der Waals surface area (Å²) in [6.45, 7) is 3.11. The molecule has 0 spiro atoms. The number of carbonyl (C=O) groups excluding carboxylic acids is 1. The minimum absolute atomic E-state index is 0.326. The fourth-order valence-electron chi connectivity index (χ4n) is 4.50. The van der Waals surface area contributed by atoms with Gasteiger partial charge in [0.2, 0.25) is 5.91 Å². The third-order valence-corrected chi connectivity index (χ3v) is 5.70. The molecule has 0 atom stereocenters. The zero-order chi connectivity index (χ0) is 14.9. The lowest BCUT2D eigenvalue weighted by molar-refractivity contribution is -0.129. The van der Waals surface area contributed by atoms with Gasteiger partial charge in [0.1, 0.15) is 0 Å². The molecule has 0 aromatic rings. The van der Waals surface area contributed by atoms with Crippen LogP contribution >= 0.6 is 0 Å². The van der Waals surface area contributed by atoms with Gasteiger partial charge in [0.25, 0.3) is 0 Å². The van der Waals surface area contributed by atoms with Crippen molar-refractivity contribution in [3.8, 4) is 0 Å². The van der Waals surface area contributed by atoms with Gasteiger partial charge in [-0.05, 0) is 43.9 Å². The molecule has 0 bridgehead atoms. The first-order chi connectivity index (χ1) is 10.3. The van der Waals surface area contributed by atoms with Crippen LogP contribution in [0.1, 0.15) is 90.4 Å². The maximum atomic E-state index is 12.8. The molecule has 2 fully saturated rings. The van der Waals surface area contributed by atoms with E-state index in [4.69, 9.17) is 0 Å². The molecule has 2 nitrogen and oxygen atoms in total. The van der Waals surface area contributed by atoms with Crippen molar-refractivity contribution in [1.29, 1.82) is 0 Å². The topological polar surface area (TPSA) is 29.1 Å². The predicted molar refractivity (Wildman–Crippen MR) is 89.2 cm³/mol. The van der Waals surface area contributed by atoms with E-state index in [9.17, 15) is 4.79 Å². The van der Waals surface area contributed by atoms with Crippen LogP contribution in [0.5, 0.6) is 0 Å². The summed E-state index contributed by atoms with van der Waals surface area (Å²) in [5.41, 5.74) is 0. The molecule has 0 unspecified atom stereocenters. The van der Waals surface area contributed by atoms with Crippen molar-refractivity contribution in [1.82, 2.24) is 5.32 Å². The molecule has 1 amide bonds. The lowest BCUT2D eigenvalue weighted by Crippen LogP contribution is -2.41. The van der Waals surface area contributed by atoms with Gasteiger partial charge in [-0.2, -0.15) is 0 Å². The van der Waals surface area contributed by atoms with E-state index in [0.717, 1.165) is 13.0 Å². The highest BCUT2D eigenvalue weighted by molar-refractivity contribution is 5.79. The van der Waals surface area contributed by atoms with Gasteiger partial charge in [-0.1, -0.05) is 58.3 Å². The Kier molecular flexibility index (Phi) is 7.60. The van der Waals surface area contributed by atoms with E-state index in [1.807, 2.05) is 0 Å². The molecule has 21 heavy (non-hydrogen) atoms. The average Bonchev–Trinajstić information content (AvgIpc) is 2.54. The van der Waals surface area contributed by atoms with Crippen LogP contribution in [0.15, 0.2) is 0 Å². The lowest BCUT2D eigenvalue weighted by Gasteiger charge is -2.36. The molecular weight excluding hydrogens is 258 g/mol. The largest absolute Gasteiger partial charge is 0.356 e. The lowest BCUT2D eigenvalue weighted by atomic mass is 9.69. The van der Waals surface area contributed by atoms with Gasteiger partial charge < -0.3 is 5.32 Å². The molecule has 2 aliphatic carbocycles. The first-order valence-corrected chi connectivity index (χ1v) is 9.60. The van der Waals surface area contributed by atoms with E-state index in [1.54, 1.807) is 0 Å². The standard InChI is InChI=1S/C19H35NO/c1-2-3-10-15-20-19(21)18(16-11-6-4-7-12-16)17-13-8-5-9-14-17/h16-18H,2-15H2,1H3,(H,20,21). The van der Waals surface area contributed by atoms with Crippen molar-refractivity contribution in [2.24, 2.45) is 17.8 Å². The molecule has 2 heteroatoms. The summed E-state index contributed by atoms with van der Waals surface area (Å²) in [4.78, 5) is 12.8. The van der Waals surface area contributed by atoms with E-state index in [1.165, 1.54) is 77.0 Å². The highest BCUT2D eigenvalue weighted by atomic mass is 16.1. The molecule has 0 heterocycles. The van der Waals surface area contributed by atoms with Crippen molar-refractivity contribution in [2.75, 3.05) is 6.54 Å². The molecule has 0 aliphatic heterocycles. The molecule has 122 valence electrons. The Bertz CT molecular complexity index is 272.